The van der Waals surface area contributed by atoms with Gasteiger partial charge in [-0.1, -0.05) is 12.1 Å². The highest BCUT2D eigenvalue weighted by Gasteiger charge is 2.30. The number of benzene rings is 2. The summed E-state index contributed by atoms with van der Waals surface area (Å²) in [5, 5.41) is 2.66. The molecule has 104 valence electrons. The maximum absolute atomic E-state index is 12.4. The van der Waals surface area contributed by atoms with E-state index >= 15 is 0 Å². The molecule has 0 saturated carbocycles. The van der Waals surface area contributed by atoms with Gasteiger partial charge in [0.1, 0.15) is 0 Å². The first kappa shape index (κ1) is 14.8. The number of carbonyl (C=O) groups is 1. The Bertz CT molecular complexity index is 623. The van der Waals surface area contributed by atoms with Crippen LogP contribution < -0.4 is 5.32 Å². The fourth-order valence-corrected chi connectivity index (χ4v) is 2.09. The van der Waals surface area contributed by atoms with E-state index < -0.39 is 17.6 Å². The van der Waals surface area contributed by atoms with Crippen LogP contribution in [-0.4, -0.2) is 5.91 Å². The molecule has 0 radical (unpaired) electrons. The third kappa shape index (κ3) is 3.50. The molecule has 0 aromatic heterocycles. The quantitative estimate of drug-likeness (QED) is 0.748. The van der Waals surface area contributed by atoms with Crippen LogP contribution in [0.4, 0.5) is 18.9 Å². The molecule has 2 aromatic carbocycles. The van der Waals surface area contributed by atoms with E-state index in [1.807, 2.05) is 12.1 Å². The van der Waals surface area contributed by atoms with E-state index in [-0.39, 0.29) is 5.56 Å². The molecule has 0 aliphatic rings. The topological polar surface area (TPSA) is 29.1 Å². The third-order valence-corrected chi connectivity index (χ3v) is 3.54. The number of rotatable bonds is 2. The van der Waals surface area contributed by atoms with Crippen molar-refractivity contribution in [2.24, 2.45) is 0 Å². The summed E-state index contributed by atoms with van der Waals surface area (Å²) in [6.45, 7) is 0. The minimum atomic E-state index is -4.40. The smallest absolute Gasteiger partial charge is 0.321 e. The van der Waals surface area contributed by atoms with Gasteiger partial charge in [0.25, 0.3) is 5.91 Å². The zero-order chi connectivity index (χ0) is 14.8. The van der Waals surface area contributed by atoms with Crippen LogP contribution in [0.5, 0.6) is 0 Å². The number of para-hydroxylation sites is 1. The van der Waals surface area contributed by atoms with Gasteiger partial charge in [-0.05, 0) is 59.0 Å². The van der Waals surface area contributed by atoms with Crippen LogP contribution in [0.2, 0.25) is 0 Å². The number of carbonyl (C=O) groups excluding carboxylic acids is 1. The molecular weight excluding hydrogens is 382 g/mol. The van der Waals surface area contributed by atoms with Crippen LogP contribution in [0.3, 0.4) is 0 Å². The van der Waals surface area contributed by atoms with Crippen molar-refractivity contribution in [1.29, 1.82) is 0 Å². The van der Waals surface area contributed by atoms with E-state index in [1.54, 1.807) is 12.1 Å². The van der Waals surface area contributed by atoms with E-state index in [0.29, 0.717) is 5.69 Å². The summed E-state index contributed by atoms with van der Waals surface area (Å²) in [5.74, 6) is -0.442. The summed E-state index contributed by atoms with van der Waals surface area (Å²) in [6, 6.07) is 11.3. The molecule has 0 aliphatic heterocycles. The van der Waals surface area contributed by atoms with Gasteiger partial charge in [-0.25, -0.2) is 0 Å². The summed E-state index contributed by atoms with van der Waals surface area (Å²) in [4.78, 5) is 11.9. The van der Waals surface area contributed by atoms with Crippen molar-refractivity contribution in [2.75, 3.05) is 5.32 Å². The molecule has 1 amide bonds. The first-order valence-corrected chi connectivity index (χ1v) is 6.69. The number of amides is 1. The Morgan fingerprint density at radius 2 is 1.60 bits per heavy atom. The predicted octanol–water partition coefficient (Wildman–Crippen LogP) is 4.56. The minimum Gasteiger partial charge on any atom is -0.321 e. The second-order valence-corrected chi connectivity index (χ2v) is 5.17. The van der Waals surface area contributed by atoms with Crippen LogP contribution in [0.15, 0.2) is 48.5 Å². The van der Waals surface area contributed by atoms with Gasteiger partial charge in [-0.2, -0.15) is 13.2 Å². The van der Waals surface area contributed by atoms with Gasteiger partial charge in [-0.3, -0.25) is 4.79 Å². The van der Waals surface area contributed by atoms with Gasteiger partial charge in [0.05, 0.1) is 11.3 Å². The van der Waals surface area contributed by atoms with Gasteiger partial charge in [-0.15, -0.1) is 0 Å². The second-order valence-electron chi connectivity index (χ2n) is 4.01. The summed E-state index contributed by atoms with van der Waals surface area (Å²) in [5.41, 5.74) is 0.0268. The number of alkyl halides is 3. The number of halogens is 4. The van der Waals surface area contributed by atoms with Gasteiger partial charge in [0.2, 0.25) is 0 Å². The van der Waals surface area contributed by atoms with Crippen LogP contribution in [0.1, 0.15) is 15.9 Å². The molecule has 6 heteroatoms. The minimum absolute atomic E-state index is 0.178. The normalized spacial score (nSPS) is 11.2. The number of hydrogen-bond donors (Lipinski definition) is 1. The van der Waals surface area contributed by atoms with E-state index in [4.69, 9.17) is 0 Å². The molecular formula is C14H9F3INO. The fourth-order valence-electron chi connectivity index (χ4n) is 1.57. The van der Waals surface area contributed by atoms with Crippen molar-refractivity contribution in [3.05, 3.63) is 63.2 Å². The van der Waals surface area contributed by atoms with Crippen molar-refractivity contribution >= 4 is 34.2 Å². The van der Waals surface area contributed by atoms with Crippen molar-refractivity contribution in [3.8, 4) is 0 Å². The van der Waals surface area contributed by atoms with E-state index in [0.717, 1.165) is 27.8 Å². The van der Waals surface area contributed by atoms with E-state index in [9.17, 15) is 18.0 Å². The highest BCUT2D eigenvalue weighted by Crippen LogP contribution is 2.29. The first-order valence-electron chi connectivity index (χ1n) is 5.61. The largest absolute Gasteiger partial charge is 0.416 e. The molecule has 0 bridgehead atoms. The standard InChI is InChI=1S/C14H9F3INO/c15-14(16,17)10-7-5-9(6-8-10)13(20)19-12-4-2-1-3-11(12)18/h1-8H,(H,19,20). The lowest BCUT2D eigenvalue weighted by Crippen LogP contribution is -2.13. The molecule has 0 saturated heterocycles. The molecule has 0 spiro atoms. The molecule has 1 N–H and O–H groups in total. The predicted molar refractivity (Wildman–Crippen MR) is 78.6 cm³/mol. The number of hydrogen-bond acceptors (Lipinski definition) is 1. The summed E-state index contributed by atoms with van der Waals surface area (Å²) < 4.78 is 38.1. The van der Waals surface area contributed by atoms with Crippen molar-refractivity contribution in [2.45, 2.75) is 6.18 Å². The Morgan fingerprint density at radius 3 is 2.15 bits per heavy atom. The van der Waals surface area contributed by atoms with Crippen LogP contribution in [-0.2, 0) is 6.18 Å². The lowest BCUT2D eigenvalue weighted by atomic mass is 10.1. The lowest BCUT2D eigenvalue weighted by molar-refractivity contribution is -0.137. The summed E-state index contributed by atoms with van der Waals surface area (Å²) >= 11 is 2.07. The molecule has 20 heavy (non-hydrogen) atoms. The molecule has 0 heterocycles. The fraction of sp³-hybridized carbons (Fsp3) is 0.0714. The van der Waals surface area contributed by atoms with Gasteiger partial charge >= 0.3 is 6.18 Å². The highest BCUT2D eigenvalue weighted by molar-refractivity contribution is 14.1. The Hall–Kier alpha value is -1.57. The number of anilines is 1. The highest BCUT2D eigenvalue weighted by atomic mass is 127. The molecule has 0 aliphatic carbocycles. The second kappa shape index (κ2) is 5.82. The molecule has 2 nitrogen and oxygen atoms in total. The molecule has 2 aromatic rings. The van der Waals surface area contributed by atoms with Crippen LogP contribution in [0, 0.1) is 3.57 Å². The van der Waals surface area contributed by atoms with Gasteiger partial charge in [0, 0.05) is 9.13 Å². The SMILES string of the molecule is O=C(Nc1ccccc1I)c1ccc(C(F)(F)F)cc1. The van der Waals surface area contributed by atoms with Crippen molar-refractivity contribution in [3.63, 3.8) is 0 Å². The third-order valence-electron chi connectivity index (χ3n) is 2.60. The molecule has 0 fully saturated rings. The molecule has 0 atom stereocenters. The van der Waals surface area contributed by atoms with Gasteiger partial charge in [0.15, 0.2) is 0 Å². The zero-order valence-corrected chi connectivity index (χ0v) is 12.2. The Labute approximate surface area is 127 Å². The monoisotopic (exact) mass is 391 g/mol. The average molecular weight is 391 g/mol. The maximum atomic E-state index is 12.4. The molecule has 2 rings (SSSR count). The Balaban J connectivity index is 2.16. The Morgan fingerprint density at radius 1 is 1.00 bits per heavy atom. The maximum Gasteiger partial charge on any atom is 0.416 e. The van der Waals surface area contributed by atoms with E-state index in [2.05, 4.69) is 27.9 Å². The lowest BCUT2D eigenvalue weighted by Gasteiger charge is -2.09. The van der Waals surface area contributed by atoms with Gasteiger partial charge < -0.3 is 5.32 Å². The van der Waals surface area contributed by atoms with Crippen molar-refractivity contribution < 1.29 is 18.0 Å². The zero-order valence-electron chi connectivity index (χ0n) is 10.0. The summed E-state index contributed by atoms with van der Waals surface area (Å²) in [7, 11) is 0. The van der Waals surface area contributed by atoms with E-state index in [1.165, 1.54) is 0 Å². The van der Waals surface area contributed by atoms with Crippen molar-refractivity contribution in [1.82, 2.24) is 0 Å². The Kier molecular flexibility index (Phi) is 4.32. The van der Waals surface area contributed by atoms with Crippen LogP contribution in [0.25, 0.3) is 0 Å². The summed E-state index contributed by atoms with van der Waals surface area (Å²) in [6.07, 6.45) is -4.40. The van der Waals surface area contributed by atoms with Crippen LogP contribution >= 0.6 is 22.6 Å². The molecule has 0 unspecified atom stereocenters. The average Bonchev–Trinajstić information content (AvgIpc) is 2.40. The first-order chi connectivity index (χ1) is 9.38. The number of nitrogens with one attached hydrogen (secondary N) is 1.